The Bertz CT molecular complexity index is 2360. The van der Waals surface area contributed by atoms with Gasteiger partial charge in [-0.3, -0.25) is 4.57 Å². The van der Waals surface area contributed by atoms with E-state index in [9.17, 15) is 0 Å². The molecule has 1 aromatic heterocycles. The molecule has 0 N–H and O–H groups in total. The molecule has 0 fully saturated rings. The van der Waals surface area contributed by atoms with E-state index in [2.05, 4.69) is 175 Å². The lowest BCUT2D eigenvalue weighted by molar-refractivity contribution is 0.838. The Morgan fingerprint density at radius 2 is 1.40 bits per heavy atom. The number of hydrogen-bond acceptors (Lipinski definition) is 4. The predicted octanol–water partition coefficient (Wildman–Crippen LogP) is 12.6. The Labute approximate surface area is 313 Å². The van der Waals surface area contributed by atoms with Crippen LogP contribution in [0.4, 0.5) is 22.7 Å². The maximum Gasteiger partial charge on any atom is 0.168 e. The van der Waals surface area contributed by atoms with E-state index in [1.165, 1.54) is 45.0 Å². The molecular formula is C48H45N5. The van der Waals surface area contributed by atoms with E-state index in [1.807, 2.05) is 12.1 Å². The summed E-state index contributed by atoms with van der Waals surface area (Å²) in [4.78, 5) is 4.74. The van der Waals surface area contributed by atoms with E-state index < -0.39 is 0 Å². The molecule has 0 amide bonds. The molecule has 53 heavy (non-hydrogen) atoms. The average Bonchev–Trinajstić information content (AvgIpc) is 3.65. The Kier molecular flexibility index (Phi) is 9.47. The minimum absolute atomic E-state index is 0.793. The van der Waals surface area contributed by atoms with Crippen LogP contribution in [-0.4, -0.2) is 14.8 Å². The van der Waals surface area contributed by atoms with E-state index in [0.29, 0.717) is 0 Å². The molecule has 1 aliphatic heterocycles. The third kappa shape index (κ3) is 6.44. The number of aromatic nitrogens is 3. The van der Waals surface area contributed by atoms with E-state index >= 15 is 0 Å². The molecule has 262 valence electrons. The van der Waals surface area contributed by atoms with Gasteiger partial charge in [0.2, 0.25) is 0 Å². The highest BCUT2D eigenvalue weighted by Crippen LogP contribution is 2.42. The average molecular weight is 692 g/mol. The summed E-state index contributed by atoms with van der Waals surface area (Å²) in [6, 6.07) is 45.2. The van der Waals surface area contributed by atoms with Crippen molar-refractivity contribution in [3.8, 4) is 28.5 Å². The molecule has 0 unspecified atom stereocenters. The van der Waals surface area contributed by atoms with Crippen LogP contribution in [0.3, 0.4) is 0 Å². The summed E-state index contributed by atoms with van der Waals surface area (Å²) in [5, 5.41) is 9.67. The quantitative estimate of drug-likeness (QED) is 0.143. The van der Waals surface area contributed by atoms with Gasteiger partial charge < -0.3 is 9.80 Å². The molecule has 2 aliphatic rings. The first-order valence-electron chi connectivity index (χ1n) is 18.7. The van der Waals surface area contributed by atoms with Crippen molar-refractivity contribution in [2.75, 3.05) is 9.80 Å². The summed E-state index contributed by atoms with van der Waals surface area (Å²) in [6.07, 6.45) is 11.8. The molecule has 0 atom stereocenters. The van der Waals surface area contributed by atoms with E-state index in [0.717, 1.165) is 71.9 Å². The van der Waals surface area contributed by atoms with Gasteiger partial charge in [-0.05, 0) is 147 Å². The molecule has 5 nitrogen and oxygen atoms in total. The minimum atomic E-state index is 0.793. The molecule has 0 bridgehead atoms. The van der Waals surface area contributed by atoms with Gasteiger partial charge in [0.25, 0.3) is 0 Å². The third-order valence-corrected chi connectivity index (χ3v) is 10.4. The third-order valence-electron chi connectivity index (χ3n) is 10.4. The smallest absolute Gasteiger partial charge is 0.168 e. The van der Waals surface area contributed by atoms with Crippen LogP contribution >= 0.6 is 0 Å². The van der Waals surface area contributed by atoms with Crippen LogP contribution in [-0.2, 0) is 6.42 Å². The van der Waals surface area contributed by atoms with E-state index in [-0.39, 0.29) is 0 Å². The Morgan fingerprint density at radius 3 is 2.08 bits per heavy atom. The maximum atomic E-state index is 4.83. The van der Waals surface area contributed by atoms with Crippen molar-refractivity contribution in [3.63, 3.8) is 0 Å². The summed E-state index contributed by atoms with van der Waals surface area (Å²) < 4.78 is 2.17. The largest absolute Gasteiger partial charge is 0.310 e. The van der Waals surface area contributed by atoms with Crippen molar-refractivity contribution in [3.05, 3.63) is 186 Å². The van der Waals surface area contributed by atoms with Gasteiger partial charge in [-0.25, -0.2) is 0 Å². The molecule has 6 aromatic rings. The highest BCUT2D eigenvalue weighted by atomic mass is 15.3. The number of nitrogens with zero attached hydrogens (tertiary/aromatic N) is 5. The second kappa shape index (κ2) is 14.8. The monoisotopic (exact) mass is 691 g/mol. The second-order valence-electron chi connectivity index (χ2n) is 13.9. The molecule has 8 rings (SSSR count). The van der Waals surface area contributed by atoms with Gasteiger partial charge in [0.05, 0.1) is 0 Å². The van der Waals surface area contributed by atoms with Gasteiger partial charge in [0.15, 0.2) is 11.6 Å². The maximum absolute atomic E-state index is 4.83. The molecule has 0 saturated heterocycles. The topological polar surface area (TPSA) is 37.2 Å². The number of anilines is 4. The number of benzene rings is 5. The number of aryl methyl sites for hydroxylation is 1. The highest BCUT2D eigenvalue weighted by molar-refractivity contribution is 5.79. The zero-order valence-electron chi connectivity index (χ0n) is 30.8. The molecule has 0 saturated carbocycles. The summed E-state index contributed by atoms with van der Waals surface area (Å²) in [5.41, 5.74) is 15.4. The van der Waals surface area contributed by atoms with Crippen molar-refractivity contribution < 1.29 is 0 Å². The van der Waals surface area contributed by atoms with Gasteiger partial charge >= 0.3 is 0 Å². The van der Waals surface area contributed by atoms with E-state index in [4.69, 9.17) is 10.2 Å². The molecule has 0 radical (unpaired) electrons. The lowest BCUT2D eigenvalue weighted by Gasteiger charge is -2.34. The number of allylic oxidation sites excluding steroid dienone is 5. The first-order chi connectivity index (χ1) is 26.1. The van der Waals surface area contributed by atoms with Crippen LogP contribution in [0.2, 0.25) is 0 Å². The normalized spacial score (nSPS) is 14.1. The van der Waals surface area contributed by atoms with Crippen LogP contribution < -0.4 is 9.80 Å². The number of fused-ring (bicyclic) bond motifs is 1. The van der Waals surface area contributed by atoms with Crippen LogP contribution in [0.1, 0.15) is 50.7 Å². The fraction of sp³-hybridized carbons (Fsp3) is 0.167. The SMILES string of the molecule is C=CC1=C(CCC)Cc2ccccc2N1c1ccc(-c2nnc(-c3ccc(N(C4=C(C)CCC=C4)c4ccccc4C)cc3)n2-c2ccccc2)cc1. The van der Waals surface area contributed by atoms with E-state index in [1.54, 1.807) is 0 Å². The van der Waals surface area contributed by atoms with Crippen molar-refractivity contribution in [1.29, 1.82) is 0 Å². The molecule has 1 aliphatic carbocycles. The Hall–Kier alpha value is -6.20. The predicted molar refractivity (Wildman–Crippen MR) is 221 cm³/mol. The molecule has 2 heterocycles. The summed E-state index contributed by atoms with van der Waals surface area (Å²) in [7, 11) is 0. The summed E-state index contributed by atoms with van der Waals surface area (Å²) in [5.74, 6) is 1.59. The first kappa shape index (κ1) is 33.9. The van der Waals surface area contributed by atoms with Crippen molar-refractivity contribution in [2.45, 2.75) is 52.9 Å². The van der Waals surface area contributed by atoms with Crippen LogP contribution in [0.15, 0.2) is 175 Å². The van der Waals surface area contributed by atoms with Gasteiger partial charge in [-0.2, -0.15) is 0 Å². The zero-order chi connectivity index (χ0) is 36.3. The Morgan fingerprint density at radius 1 is 0.736 bits per heavy atom. The lowest BCUT2D eigenvalue weighted by Crippen LogP contribution is -2.23. The molecule has 5 aromatic carbocycles. The fourth-order valence-electron chi connectivity index (χ4n) is 7.77. The van der Waals surface area contributed by atoms with Crippen LogP contribution in [0, 0.1) is 6.92 Å². The van der Waals surface area contributed by atoms with Gasteiger partial charge in [0, 0.05) is 51.0 Å². The summed E-state index contributed by atoms with van der Waals surface area (Å²) >= 11 is 0. The zero-order valence-corrected chi connectivity index (χ0v) is 30.8. The first-order valence-corrected chi connectivity index (χ1v) is 18.7. The van der Waals surface area contributed by atoms with Crippen molar-refractivity contribution >= 4 is 22.7 Å². The fourth-order valence-corrected chi connectivity index (χ4v) is 7.77. The van der Waals surface area contributed by atoms with Gasteiger partial charge in [-0.15, -0.1) is 10.2 Å². The van der Waals surface area contributed by atoms with Crippen LogP contribution in [0.5, 0.6) is 0 Å². The number of rotatable bonds is 10. The second-order valence-corrected chi connectivity index (χ2v) is 13.9. The van der Waals surface area contributed by atoms with Gasteiger partial charge in [-0.1, -0.05) is 80.6 Å². The van der Waals surface area contributed by atoms with Crippen molar-refractivity contribution in [2.24, 2.45) is 0 Å². The molecule has 5 heteroatoms. The number of hydrogen-bond donors (Lipinski definition) is 0. The highest BCUT2D eigenvalue weighted by Gasteiger charge is 2.25. The van der Waals surface area contributed by atoms with Crippen molar-refractivity contribution in [1.82, 2.24) is 14.8 Å². The lowest BCUT2D eigenvalue weighted by atomic mass is 9.92. The molecular weight excluding hydrogens is 647 g/mol. The number of para-hydroxylation sites is 3. The molecule has 0 spiro atoms. The van der Waals surface area contributed by atoms with Crippen LogP contribution in [0.25, 0.3) is 28.5 Å². The minimum Gasteiger partial charge on any atom is -0.310 e. The van der Waals surface area contributed by atoms with Gasteiger partial charge in [0.1, 0.15) is 0 Å². The Balaban J connectivity index is 1.19. The standard InChI is InChI=1S/C48H45N5/c1-5-16-38-33-39-19-12-15-24-46(39)51(43(38)6-2)41-29-25-36(26-30-41)47-49-50-48(53(47)40-20-8-7-9-21-40)37-27-31-42(32-28-37)52(44-22-13-10-17-34(44)3)45-23-14-11-18-35(45)4/h6-10,12-15,17,19-32H,2,5,11,16,18,33H2,1,3-4H3. The summed E-state index contributed by atoms with van der Waals surface area (Å²) in [6.45, 7) is 10.9.